The van der Waals surface area contributed by atoms with Gasteiger partial charge in [0.15, 0.2) is 0 Å². The lowest BCUT2D eigenvalue weighted by atomic mass is 9.99. The summed E-state index contributed by atoms with van der Waals surface area (Å²) in [5.74, 6) is 1.45. The van der Waals surface area contributed by atoms with Gasteiger partial charge in [0, 0.05) is 24.1 Å². The number of nitrogens with one attached hydrogen (secondary N) is 1. The van der Waals surface area contributed by atoms with Gasteiger partial charge in [-0.15, -0.1) is 0 Å². The normalized spacial score (nSPS) is 17.5. The molecule has 2 heterocycles. The van der Waals surface area contributed by atoms with Gasteiger partial charge in [-0.2, -0.15) is 5.10 Å². The number of para-hydroxylation sites is 2. The summed E-state index contributed by atoms with van der Waals surface area (Å²) in [5.41, 5.74) is 3.04. The van der Waals surface area contributed by atoms with Gasteiger partial charge >= 0.3 is 0 Å². The molecule has 1 aromatic heterocycles. The van der Waals surface area contributed by atoms with E-state index in [1.165, 1.54) is 37.3 Å². The average molecular weight is 298 g/mol. The van der Waals surface area contributed by atoms with Gasteiger partial charge in [-0.1, -0.05) is 25.0 Å². The van der Waals surface area contributed by atoms with E-state index in [0.717, 1.165) is 24.5 Å². The molecular weight excluding hydrogens is 280 g/mol. The molecule has 114 valence electrons. The Kier molecular flexibility index (Phi) is 3.10. The fourth-order valence-electron chi connectivity index (χ4n) is 3.70. The highest BCUT2D eigenvalue weighted by molar-refractivity contribution is 5.62. The largest absolute Gasteiger partial charge is 0.369 e. The molecule has 2 aromatic rings. The monoisotopic (exact) mass is 298 g/mol. The molecule has 4 rings (SSSR count). The number of nitrogens with zero attached hydrogens (tertiary/aromatic N) is 3. The van der Waals surface area contributed by atoms with E-state index < -0.39 is 0 Å². The third kappa shape index (κ3) is 1.98. The standard InChI is InChI=1S/C16H18N4O2/c21-20(22)14-8-4-3-7-13(14)19-16-12(9-10-17-16)15(18-19)11-5-1-2-6-11/h3-4,7-8,11,17H,1-2,5-6,9-10H2. The maximum atomic E-state index is 11.3. The first-order chi connectivity index (χ1) is 10.8. The van der Waals surface area contributed by atoms with Gasteiger partial charge < -0.3 is 5.32 Å². The first kappa shape index (κ1) is 13.3. The van der Waals surface area contributed by atoms with Crippen LogP contribution in [0.5, 0.6) is 0 Å². The molecule has 1 saturated carbocycles. The van der Waals surface area contributed by atoms with E-state index in [9.17, 15) is 10.1 Å². The van der Waals surface area contributed by atoms with Gasteiger partial charge in [-0.05, 0) is 25.3 Å². The number of anilines is 1. The highest BCUT2D eigenvalue weighted by atomic mass is 16.6. The molecule has 0 saturated heterocycles. The minimum atomic E-state index is -0.340. The topological polar surface area (TPSA) is 73.0 Å². The number of fused-ring (bicyclic) bond motifs is 1. The van der Waals surface area contributed by atoms with E-state index in [1.807, 2.05) is 6.07 Å². The van der Waals surface area contributed by atoms with Crippen molar-refractivity contribution in [3.05, 3.63) is 45.6 Å². The van der Waals surface area contributed by atoms with Crippen molar-refractivity contribution in [2.45, 2.75) is 38.0 Å². The van der Waals surface area contributed by atoms with Crippen molar-refractivity contribution in [2.24, 2.45) is 0 Å². The number of hydrogen-bond acceptors (Lipinski definition) is 4. The molecule has 0 amide bonds. The van der Waals surface area contributed by atoms with Crippen molar-refractivity contribution in [3.8, 4) is 5.69 Å². The van der Waals surface area contributed by atoms with Crippen LogP contribution in [0.2, 0.25) is 0 Å². The smallest absolute Gasteiger partial charge is 0.294 e. The molecule has 1 aliphatic heterocycles. The van der Waals surface area contributed by atoms with E-state index in [2.05, 4.69) is 5.32 Å². The van der Waals surface area contributed by atoms with Gasteiger partial charge in [0.25, 0.3) is 5.69 Å². The van der Waals surface area contributed by atoms with E-state index in [0.29, 0.717) is 11.6 Å². The molecule has 0 unspecified atom stereocenters. The maximum Gasteiger partial charge on any atom is 0.294 e. The summed E-state index contributed by atoms with van der Waals surface area (Å²) in [6, 6.07) is 6.81. The SMILES string of the molecule is O=[N+]([O-])c1ccccc1-n1nc(C2CCCC2)c2c1NCC2. The van der Waals surface area contributed by atoms with Crippen LogP contribution < -0.4 is 5.32 Å². The van der Waals surface area contributed by atoms with Crippen molar-refractivity contribution in [3.63, 3.8) is 0 Å². The van der Waals surface area contributed by atoms with Crippen molar-refractivity contribution >= 4 is 11.5 Å². The Labute approximate surface area is 128 Å². The van der Waals surface area contributed by atoms with Crippen molar-refractivity contribution < 1.29 is 4.92 Å². The highest BCUT2D eigenvalue weighted by Crippen LogP contribution is 2.40. The number of nitro groups is 1. The van der Waals surface area contributed by atoms with Crippen LogP contribution in [-0.4, -0.2) is 21.2 Å². The first-order valence-corrected chi connectivity index (χ1v) is 7.85. The molecular formula is C16H18N4O2. The first-order valence-electron chi connectivity index (χ1n) is 7.85. The van der Waals surface area contributed by atoms with Crippen molar-refractivity contribution in [1.29, 1.82) is 0 Å². The summed E-state index contributed by atoms with van der Waals surface area (Å²) in [7, 11) is 0. The Morgan fingerprint density at radius 2 is 2.05 bits per heavy atom. The minimum absolute atomic E-state index is 0.0967. The fourth-order valence-corrected chi connectivity index (χ4v) is 3.70. The fraction of sp³-hybridized carbons (Fsp3) is 0.438. The molecule has 0 bridgehead atoms. The summed E-state index contributed by atoms with van der Waals surface area (Å²) >= 11 is 0. The predicted octanol–water partition coefficient (Wildman–Crippen LogP) is 3.41. The summed E-state index contributed by atoms with van der Waals surface area (Å²) in [6.45, 7) is 0.882. The van der Waals surface area contributed by atoms with Crippen LogP contribution in [0.15, 0.2) is 24.3 Å². The summed E-state index contributed by atoms with van der Waals surface area (Å²) in [6.07, 6.45) is 5.83. The van der Waals surface area contributed by atoms with E-state index in [-0.39, 0.29) is 10.6 Å². The number of hydrogen-bond donors (Lipinski definition) is 1. The molecule has 1 fully saturated rings. The average Bonchev–Trinajstić information content (AvgIpc) is 3.24. The Morgan fingerprint density at radius 1 is 1.27 bits per heavy atom. The third-order valence-corrected chi connectivity index (χ3v) is 4.73. The Morgan fingerprint density at radius 3 is 2.82 bits per heavy atom. The van der Waals surface area contributed by atoms with Crippen LogP contribution in [0.3, 0.4) is 0 Å². The lowest BCUT2D eigenvalue weighted by Gasteiger charge is -2.08. The van der Waals surface area contributed by atoms with E-state index >= 15 is 0 Å². The number of benzene rings is 1. The van der Waals surface area contributed by atoms with Crippen LogP contribution in [0.1, 0.15) is 42.9 Å². The summed E-state index contributed by atoms with van der Waals surface area (Å²) in [5, 5.41) is 19.4. The molecule has 0 spiro atoms. The third-order valence-electron chi connectivity index (χ3n) is 4.73. The molecule has 6 nitrogen and oxygen atoms in total. The zero-order chi connectivity index (χ0) is 15.1. The van der Waals surface area contributed by atoms with Gasteiger partial charge in [0.2, 0.25) is 0 Å². The quantitative estimate of drug-likeness (QED) is 0.696. The lowest BCUT2D eigenvalue weighted by Crippen LogP contribution is -2.08. The zero-order valence-electron chi connectivity index (χ0n) is 12.3. The molecule has 22 heavy (non-hydrogen) atoms. The number of rotatable bonds is 3. The second-order valence-electron chi connectivity index (χ2n) is 6.03. The van der Waals surface area contributed by atoms with Crippen molar-refractivity contribution in [1.82, 2.24) is 9.78 Å². The Bertz CT molecular complexity index is 732. The van der Waals surface area contributed by atoms with Crippen LogP contribution in [0.4, 0.5) is 11.5 Å². The van der Waals surface area contributed by atoms with Crippen molar-refractivity contribution in [2.75, 3.05) is 11.9 Å². The molecule has 2 aliphatic rings. The van der Waals surface area contributed by atoms with Gasteiger partial charge in [0.05, 0.1) is 10.6 Å². The van der Waals surface area contributed by atoms with E-state index in [1.54, 1.807) is 16.8 Å². The molecule has 0 radical (unpaired) electrons. The highest BCUT2D eigenvalue weighted by Gasteiger charge is 2.31. The number of nitro benzene ring substituents is 1. The molecule has 0 atom stereocenters. The summed E-state index contributed by atoms with van der Waals surface area (Å²) < 4.78 is 1.74. The van der Waals surface area contributed by atoms with Crippen LogP contribution in [-0.2, 0) is 6.42 Å². The minimum Gasteiger partial charge on any atom is -0.369 e. The lowest BCUT2D eigenvalue weighted by molar-refractivity contribution is -0.384. The second kappa shape index (κ2) is 5.12. The van der Waals surface area contributed by atoms with E-state index in [4.69, 9.17) is 5.10 Å². The Balaban J connectivity index is 1.86. The molecule has 1 N–H and O–H groups in total. The maximum absolute atomic E-state index is 11.3. The van der Waals surface area contributed by atoms with Gasteiger partial charge in [-0.3, -0.25) is 10.1 Å². The molecule has 1 aromatic carbocycles. The summed E-state index contributed by atoms with van der Waals surface area (Å²) in [4.78, 5) is 11.0. The van der Waals surface area contributed by atoms with Crippen LogP contribution in [0.25, 0.3) is 5.69 Å². The van der Waals surface area contributed by atoms with Gasteiger partial charge in [0.1, 0.15) is 11.5 Å². The zero-order valence-corrected chi connectivity index (χ0v) is 12.3. The van der Waals surface area contributed by atoms with Crippen LogP contribution >= 0.6 is 0 Å². The number of aromatic nitrogens is 2. The predicted molar refractivity (Wildman–Crippen MR) is 83.6 cm³/mol. The molecule has 1 aliphatic carbocycles. The van der Waals surface area contributed by atoms with Crippen LogP contribution in [0, 0.1) is 10.1 Å². The second-order valence-corrected chi connectivity index (χ2v) is 6.03. The Hall–Kier alpha value is -2.37. The molecule has 6 heteroatoms. The van der Waals surface area contributed by atoms with Gasteiger partial charge in [-0.25, -0.2) is 4.68 Å².